The third-order valence-corrected chi connectivity index (χ3v) is 2.82. The first-order valence-corrected chi connectivity index (χ1v) is 5.38. The summed E-state index contributed by atoms with van der Waals surface area (Å²) in [6.45, 7) is 1.52. The van der Waals surface area contributed by atoms with E-state index >= 15 is 0 Å². The average Bonchev–Trinajstić information content (AvgIpc) is 2.67. The molecule has 2 heterocycles. The highest BCUT2D eigenvalue weighted by atomic mass is 32.1. The Hall–Kier alpha value is -1.50. The second kappa shape index (κ2) is 4.35. The van der Waals surface area contributed by atoms with Crippen LogP contribution in [-0.4, -0.2) is 45.9 Å². The van der Waals surface area contributed by atoms with Gasteiger partial charge in [0.05, 0.1) is 6.20 Å². The van der Waals surface area contributed by atoms with Gasteiger partial charge in [-0.3, -0.25) is 9.59 Å². The van der Waals surface area contributed by atoms with Gasteiger partial charge in [-0.25, -0.2) is 0 Å². The van der Waals surface area contributed by atoms with Gasteiger partial charge in [0.2, 0.25) is 5.91 Å². The lowest BCUT2D eigenvalue weighted by molar-refractivity contribution is -0.120. The van der Waals surface area contributed by atoms with Crippen LogP contribution in [0.25, 0.3) is 0 Å². The summed E-state index contributed by atoms with van der Waals surface area (Å²) in [5.41, 5.74) is 0. The highest BCUT2D eigenvalue weighted by Gasteiger charge is 2.20. The number of hydrogen-bond acceptors (Lipinski definition) is 5. The number of nitrogens with one attached hydrogen (secondary N) is 1. The topological polar surface area (TPSA) is 75.2 Å². The molecular formula is C8H10N4O2S. The van der Waals surface area contributed by atoms with E-state index in [2.05, 4.69) is 14.9 Å². The fraction of sp³-hybridized carbons (Fsp3) is 0.500. The zero-order valence-corrected chi connectivity index (χ0v) is 8.79. The lowest BCUT2D eigenvalue weighted by atomic mass is 10.3. The predicted octanol–water partition coefficient (Wildman–Crippen LogP) is -0.500. The van der Waals surface area contributed by atoms with E-state index in [9.17, 15) is 9.59 Å². The zero-order valence-electron chi connectivity index (χ0n) is 7.97. The van der Waals surface area contributed by atoms with Crippen molar-refractivity contribution in [2.75, 3.05) is 19.6 Å². The molecule has 6 nitrogen and oxygen atoms in total. The van der Waals surface area contributed by atoms with Crippen LogP contribution in [0.1, 0.15) is 16.1 Å². The van der Waals surface area contributed by atoms with E-state index in [0.717, 1.165) is 11.5 Å². The summed E-state index contributed by atoms with van der Waals surface area (Å²) in [5, 5.41) is 6.33. The van der Waals surface area contributed by atoms with Gasteiger partial charge in [0, 0.05) is 26.1 Å². The molecule has 2 amide bonds. The molecule has 0 saturated carbocycles. The number of rotatable bonds is 1. The third-order valence-electron chi connectivity index (χ3n) is 2.17. The fourth-order valence-electron chi connectivity index (χ4n) is 1.39. The highest BCUT2D eigenvalue weighted by molar-refractivity contribution is 7.07. The molecule has 1 N–H and O–H groups in total. The first-order chi connectivity index (χ1) is 7.27. The number of nitrogens with zero attached hydrogens (tertiary/aromatic N) is 3. The van der Waals surface area contributed by atoms with Crippen molar-refractivity contribution < 1.29 is 9.59 Å². The van der Waals surface area contributed by atoms with E-state index < -0.39 is 0 Å². The largest absolute Gasteiger partial charge is 0.354 e. The second-order valence-corrected chi connectivity index (χ2v) is 3.96. The van der Waals surface area contributed by atoms with Gasteiger partial charge in [-0.1, -0.05) is 4.49 Å². The van der Waals surface area contributed by atoms with Gasteiger partial charge >= 0.3 is 0 Å². The molecule has 1 aromatic rings. The molecule has 0 radical (unpaired) electrons. The van der Waals surface area contributed by atoms with Crippen molar-refractivity contribution in [2.45, 2.75) is 6.42 Å². The molecule has 15 heavy (non-hydrogen) atoms. The maximum Gasteiger partial charge on any atom is 0.267 e. The minimum atomic E-state index is -0.0958. The molecule has 1 aromatic heterocycles. The Kier molecular flexibility index (Phi) is 2.91. The lowest BCUT2D eigenvalue weighted by Gasteiger charge is -2.17. The standard InChI is InChI=1S/C8H10N4O2S/c13-7-1-3-12(4-2-9-7)8(14)6-5-10-11-15-6/h5H,1-4H2,(H,9,13). The van der Waals surface area contributed by atoms with Crippen molar-refractivity contribution in [1.82, 2.24) is 19.8 Å². The van der Waals surface area contributed by atoms with Gasteiger partial charge in [-0.2, -0.15) is 0 Å². The van der Waals surface area contributed by atoms with Crippen molar-refractivity contribution in [3.63, 3.8) is 0 Å². The Balaban J connectivity index is 2.04. The summed E-state index contributed by atoms with van der Waals surface area (Å²) in [6.07, 6.45) is 1.81. The van der Waals surface area contributed by atoms with Crippen LogP contribution in [0.4, 0.5) is 0 Å². The third kappa shape index (κ3) is 2.30. The maximum absolute atomic E-state index is 11.8. The molecule has 1 aliphatic heterocycles. The van der Waals surface area contributed by atoms with Crippen molar-refractivity contribution in [3.8, 4) is 0 Å². The normalized spacial score (nSPS) is 17.1. The average molecular weight is 226 g/mol. The van der Waals surface area contributed by atoms with Crippen LogP contribution in [0.5, 0.6) is 0 Å². The SMILES string of the molecule is O=C1CCN(C(=O)c2cnns2)CCN1. The Morgan fingerprint density at radius 2 is 2.40 bits per heavy atom. The van der Waals surface area contributed by atoms with Crippen LogP contribution < -0.4 is 5.32 Å². The first-order valence-electron chi connectivity index (χ1n) is 4.60. The fourth-order valence-corrected chi connectivity index (χ4v) is 1.87. The number of hydrogen-bond donors (Lipinski definition) is 1. The first kappa shape index (κ1) is 10.0. The number of aromatic nitrogens is 2. The Labute approximate surface area is 90.4 Å². The number of carbonyl (C=O) groups excluding carboxylic acids is 2. The second-order valence-electron chi connectivity index (χ2n) is 3.17. The maximum atomic E-state index is 11.8. The Morgan fingerprint density at radius 3 is 3.13 bits per heavy atom. The van der Waals surface area contributed by atoms with E-state index in [4.69, 9.17) is 0 Å². The molecule has 80 valence electrons. The minimum absolute atomic E-state index is 0.00673. The molecule has 0 aromatic carbocycles. The molecule has 1 aliphatic rings. The Bertz CT molecular complexity index is 365. The molecule has 0 spiro atoms. The summed E-state index contributed by atoms with van der Waals surface area (Å²) in [4.78, 5) is 25.1. The highest BCUT2D eigenvalue weighted by Crippen LogP contribution is 2.08. The molecule has 7 heteroatoms. The van der Waals surface area contributed by atoms with Crippen molar-refractivity contribution in [2.24, 2.45) is 0 Å². The van der Waals surface area contributed by atoms with Gasteiger partial charge in [-0.15, -0.1) is 5.10 Å². The van der Waals surface area contributed by atoms with Crippen molar-refractivity contribution >= 4 is 23.3 Å². The lowest BCUT2D eigenvalue weighted by Crippen LogP contribution is -2.33. The molecule has 1 saturated heterocycles. The van der Waals surface area contributed by atoms with E-state index in [0.29, 0.717) is 30.9 Å². The van der Waals surface area contributed by atoms with Gasteiger partial charge in [-0.05, 0) is 11.5 Å². The van der Waals surface area contributed by atoms with E-state index in [1.165, 1.54) is 6.20 Å². The molecule has 0 aliphatic carbocycles. The molecule has 0 bridgehead atoms. The monoisotopic (exact) mass is 226 g/mol. The van der Waals surface area contributed by atoms with Crippen LogP contribution in [0, 0.1) is 0 Å². The van der Waals surface area contributed by atoms with Gasteiger partial charge < -0.3 is 10.2 Å². The van der Waals surface area contributed by atoms with Gasteiger partial charge in [0.15, 0.2) is 0 Å². The summed E-state index contributed by atoms with van der Waals surface area (Å²) in [7, 11) is 0. The number of carbonyl (C=O) groups is 2. The predicted molar refractivity (Wildman–Crippen MR) is 53.4 cm³/mol. The summed E-state index contributed by atoms with van der Waals surface area (Å²) in [6, 6.07) is 0. The molecule has 2 rings (SSSR count). The van der Waals surface area contributed by atoms with E-state index in [-0.39, 0.29) is 11.8 Å². The van der Waals surface area contributed by atoms with Crippen molar-refractivity contribution in [3.05, 3.63) is 11.1 Å². The summed E-state index contributed by atoms with van der Waals surface area (Å²) >= 11 is 1.07. The molecule has 0 atom stereocenters. The quantitative estimate of drug-likeness (QED) is 0.700. The minimum Gasteiger partial charge on any atom is -0.354 e. The van der Waals surface area contributed by atoms with Gasteiger partial charge in [0.1, 0.15) is 4.88 Å². The zero-order chi connectivity index (χ0) is 10.7. The van der Waals surface area contributed by atoms with E-state index in [1.54, 1.807) is 4.90 Å². The van der Waals surface area contributed by atoms with Crippen LogP contribution >= 0.6 is 11.5 Å². The summed E-state index contributed by atoms with van der Waals surface area (Å²) in [5.74, 6) is -0.103. The summed E-state index contributed by atoms with van der Waals surface area (Å²) < 4.78 is 3.64. The molecular weight excluding hydrogens is 216 g/mol. The van der Waals surface area contributed by atoms with Crippen molar-refractivity contribution in [1.29, 1.82) is 0 Å². The van der Waals surface area contributed by atoms with Crippen LogP contribution in [0.15, 0.2) is 6.20 Å². The number of amides is 2. The van der Waals surface area contributed by atoms with Crippen LogP contribution in [-0.2, 0) is 4.79 Å². The van der Waals surface area contributed by atoms with E-state index in [1.807, 2.05) is 0 Å². The molecule has 0 unspecified atom stereocenters. The Morgan fingerprint density at radius 1 is 1.53 bits per heavy atom. The molecule has 1 fully saturated rings. The van der Waals surface area contributed by atoms with Crippen LogP contribution in [0.3, 0.4) is 0 Å². The van der Waals surface area contributed by atoms with Crippen LogP contribution in [0.2, 0.25) is 0 Å². The smallest absolute Gasteiger partial charge is 0.267 e. The van der Waals surface area contributed by atoms with Gasteiger partial charge in [0.25, 0.3) is 5.91 Å².